The number of hydrogen-bond acceptors (Lipinski definition) is 4. The van der Waals surface area contributed by atoms with Gasteiger partial charge in [0.15, 0.2) is 0 Å². The molecule has 0 aliphatic carbocycles. The highest BCUT2D eigenvalue weighted by molar-refractivity contribution is 6.34. The molecule has 0 aromatic heterocycles. The van der Waals surface area contributed by atoms with Gasteiger partial charge in [0.25, 0.3) is 0 Å². The summed E-state index contributed by atoms with van der Waals surface area (Å²) in [5.74, 6) is -0.121. The highest BCUT2D eigenvalue weighted by Crippen LogP contribution is 2.24. The van der Waals surface area contributed by atoms with Crippen molar-refractivity contribution in [1.82, 2.24) is 4.90 Å². The van der Waals surface area contributed by atoms with Gasteiger partial charge >= 0.3 is 0 Å². The van der Waals surface area contributed by atoms with Crippen LogP contribution >= 0.6 is 11.6 Å². The van der Waals surface area contributed by atoms with Gasteiger partial charge in [-0.1, -0.05) is 11.6 Å². The Balaban J connectivity index is 2.43. The number of aliphatic hydroxyl groups excluding tert-OH is 1. The van der Waals surface area contributed by atoms with Crippen LogP contribution in [0.4, 0.5) is 11.4 Å². The second kappa shape index (κ2) is 7.33. The number of likely N-dealkylation sites (N-methyl/N-ethyl adjacent to an activating group) is 1. The quantitative estimate of drug-likeness (QED) is 0.693. The number of rotatable bonds is 6. The van der Waals surface area contributed by atoms with Crippen molar-refractivity contribution in [1.29, 1.82) is 0 Å². The van der Waals surface area contributed by atoms with Crippen LogP contribution in [0.1, 0.15) is 13.3 Å². The molecule has 19 heavy (non-hydrogen) atoms. The van der Waals surface area contributed by atoms with Gasteiger partial charge in [0.1, 0.15) is 0 Å². The van der Waals surface area contributed by atoms with E-state index >= 15 is 0 Å². The monoisotopic (exact) mass is 285 g/mol. The third-order valence-corrected chi connectivity index (χ3v) is 2.88. The van der Waals surface area contributed by atoms with Crippen molar-refractivity contribution >= 4 is 28.9 Å². The van der Waals surface area contributed by atoms with E-state index < -0.39 is 6.10 Å². The minimum absolute atomic E-state index is 0.121. The van der Waals surface area contributed by atoms with Gasteiger partial charge in [0.2, 0.25) is 5.91 Å². The van der Waals surface area contributed by atoms with Crippen LogP contribution in [0.25, 0.3) is 0 Å². The van der Waals surface area contributed by atoms with Gasteiger partial charge in [-0.2, -0.15) is 0 Å². The molecule has 5 nitrogen and oxygen atoms in total. The van der Waals surface area contributed by atoms with Gasteiger partial charge in [-0.15, -0.1) is 0 Å². The number of benzene rings is 1. The van der Waals surface area contributed by atoms with E-state index in [2.05, 4.69) is 5.32 Å². The molecule has 1 aromatic carbocycles. The Kier molecular flexibility index (Phi) is 6.08. The standard InChI is InChI=1S/C13H20ClN3O2/c1-9(18)8-17(2)6-5-13(19)16-12-4-3-10(15)7-11(12)14/h3-4,7,9,18H,5-6,8,15H2,1-2H3,(H,16,19). The van der Waals surface area contributed by atoms with E-state index in [0.29, 0.717) is 35.9 Å². The van der Waals surface area contributed by atoms with Crippen LogP contribution in [0.15, 0.2) is 18.2 Å². The molecule has 0 fully saturated rings. The zero-order valence-electron chi connectivity index (χ0n) is 11.2. The predicted molar refractivity (Wildman–Crippen MR) is 78.3 cm³/mol. The number of nitrogens with one attached hydrogen (secondary N) is 1. The number of anilines is 2. The van der Waals surface area contributed by atoms with E-state index in [1.165, 1.54) is 0 Å². The van der Waals surface area contributed by atoms with Crippen molar-refractivity contribution in [3.05, 3.63) is 23.2 Å². The second-order valence-electron chi connectivity index (χ2n) is 4.65. The van der Waals surface area contributed by atoms with Crippen LogP contribution in [-0.4, -0.2) is 42.2 Å². The van der Waals surface area contributed by atoms with Crippen molar-refractivity contribution in [2.75, 3.05) is 31.2 Å². The van der Waals surface area contributed by atoms with E-state index in [0.717, 1.165) is 0 Å². The SMILES string of the molecule is CC(O)CN(C)CCC(=O)Nc1ccc(N)cc1Cl. The molecule has 0 heterocycles. The lowest BCUT2D eigenvalue weighted by Crippen LogP contribution is -2.30. The molecular weight excluding hydrogens is 266 g/mol. The molecule has 0 saturated heterocycles. The van der Waals surface area contributed by atoms with Crippen LogP contribution in [0, 0.1) is 0 Å². The number of aliphatic hydroxyl groups is 1. The molecule has 1 amide bonds. The van der Waals surface area contributed by atoms with Gasteiger partial charge in [-0.25, -0.2) is 0 Å². The number of halogens is 1. The third-order valence-electron chi connectivity index (χ3n) is 2.56. The fourth-order valence-electron chi connectivity index (χ4n) is 1.68. The molecule has 1 aromatic rings. The molecule has 0 bridgehead atoms. The average molecular weight is 286 g/mol. The van der Waals surface area contributed by atoms with Gasteiger partial charge in [-0.05, 0) is 32.2 Å². The minimum Gasteiger partial charge on any atom is -0.399 e. The molecule has 1 atom stereocenters. The Morgan fingerprint density at radius 1 is 1.58 bits per heavy atom. The van der Waals surface area contributed by atoms with Crippen molar-refractivity contribution in [2.24, 2.45) is 0 Å². The van der Waals surface area contributed by atoms with Gasteiger partial charge in [0, 0.05) is 25.2 Å². The summed E-state index contributed by atoms with van der Waals surface area (Å²) in [6.07, 6.45) is -0.0659. The molecule has 106 valence electrons. The Bertz CT molecular complexity index is 438. The lowest BCUT2D eigenvalue weighted by atomic mass is 10.2. The minimum atomic E-state index is -0.403. The summed E-state index contributed by atoms with van der Waals surface area (Å²) in [6, 6.07) is 4.95. The molecule has 0 radical (unpaired) electrons. The Morgan fingerprint density at radius 3 is 2.84 bits per heavy atom. The van der Waals surface area contributed by atoms with Gasteiger partial charge < -0.3 is 21.1 Å². The zero-order chi connectivity index (χ0) is 14.4. The maximum Gasteiger partial charge on any atom is 0.225 e. The van der Waals surface area contributed by atoms with E-state index in [1.54, 1.807) is 25.1 Å². The van der Waals surface area contributed by atoms with E-state index in [-0.39, 0.29) is 5.91 Å². The van der Waals surface area contributed by atoms with Crippen LogP contribution in [0.2, 0.25) is 5.02 Å². The summed E-state index contributed by atoms with van der Waals surface area (Å²) in [6.45, 7) is 2.82. The summed E-state index contributed by atoms with van der Waals surface area (Å²) in [5.41, 5.74) is 6.69. The fourth-order valence-corrected chi connectivity index (χ4v) is 1.92. The molecule has 0 aliphatic heterocycles. The van der Waals surface area contributed by atoms with E-state index in [9.17, 15) is 9.90 Å². The first kappa shape index (κ1) is 15.8. The van der Waals surface area contributed by atoms with Crippen molar-refractivity contribution < 1.29 is 9.90 Å². The Morgan fingerprint density at radius 2 is 2.26 bits per heavy atom. The molecular formula is C13H20ClN3O2. The number of hydrogen-bond donors (Lipinski definition) is 3. The normalized spacial score (nSPS) is 12.5. The maximum atomic E-state index is 11.7. The highest BCUT2D eigenvalue weighted by Gasteiger charge is 2.08. The third kappa shape index (κ3) is 5.92. The molecule has 0 saturated carbocycles. The summed E-state index contributed by atoms with van der Waals surface area (Å²) < 4.78 is 0. The predicted octanol–water partition coefficient (Wildman–Crippen LogP) is 1.56. The number of amides is 1. The van der Waals surface area contributed by atoms with Crippen molar-refractivity contribution in [2.45, 2.75) is 19.4 Å². The zero-order valence-corrected chi connectivity index (χ0v) is 11.9. The molecule has 0 spiro atoms. The summed E-state index contributed by atoms with van der Waals surface area (Å²) >= 11 is 5.97. The largest absolute Gasteiger partial charge is 0.399 e. The molecule has 0 aliphatic rings. The summed E-state index contributed by atoms with van der Waals surface area (Å²) in [4.78, 5) is 13.6. The fraction of sp³-hybridized carbons (Fsp3) is 0.462. The van der Waals surface area contributed by atoms with Crippen LogP contribution < -0.4 is 11.1 Å². The second-order valence-corrected chi connectivity index (χ2v) is 5.06. The lowest BCUT2D eigenvalue weighted by molar-refractivity contribution is -0.116. The van der Waals surface area contributed by atoms with Crippen LogP contribution in [0.3, 0.4) is 0 Å². The average Bonchev–Trinajstić information content (AvgIpc) is 2.29. The smallest absolute Gasteiger partial charge is 0.225 e. The number of carbonyl (C=O) groups excluding carboxylic acids is 1. The summed E-state index contributed by atoms with van der Waals surface area (Å²) in [5, 5.41) is 12.4. The van der Waals surface area contributed by atoms with Crippen LogP contribution in [0.5, 0.6) is 0 Å². The Labute approximate surface area is 118 Å². The Hall–Kier alpha value is -1.30. The lowest BCUT2D eigenvalue weighted by Gasteiger charge is -2.17. The molecule has 1 unspecified atom stereocenters. The molecule has 1 rings (SSSR count). The van der Waals surface area contributed by atoms with E-state index in [1.807, 2.05) is 11.9 Å². The van der Waals surface area contributed by atoms with Gasteiger partial charge in [-0.3, -0.25) is 4.79 Å². The number of carbonyl (C=O) groups is 1. The maximum absolute atomic E-state index is 11.7. The summed E-state index contributed by atoms with van der Waals surface area (Å²) in [7, 11) is 1.86. The van der Waals surface area contributed by atoms with E-state index in [4.69, 9.17) is 17.3 Å². The topological polar surface area (TPSA) is 78.6 Å². The first-order chi connectivity index (χ1) is 8.88. The first-order valence-corrected chi connectivity index (χ1v) is 6.47. The number of nitrogens with two attached hydrogens (primary N) is 1. The number of nitrogen functional groups attached to an aromatic ring is 1. The highest BCUT2D eigenvalue weighted by atomic mass is 35.5. The first-order valence-electron chi connectivity index (χ1n) is 6.10. The number of nitrogens with zero attached hydrogens (tertiary/aromatic N) is 1. The van der Waals surface area contributed by atoms with Gasteiger partial charge in [0.05, 0.1) is 16.8 Å². The molecule has 6 heteroatoms. The van der Waals surface area contributed by atoms with Crippen molar-refractivity contribution in [3.63, 3.8) is 0 Å². The van der Waals surface area contributed by atoms with Crippen molar-refractivity contribution in [3.8, 4) is 0 Å². The molecule has 4 N–H and O–H groups in total. The van der Waals surface area contributed by atoms with Crippen LogP contribution in [-0.2, 0) is 4.79 Å².